The van der Waals surface area contributed by atoms with Gasteiger partial charge in [-0.1, -0.05) is 18.2 Å². The Hall–Kier alpha value is -3.80. The van der Waals surface area contributed by atoms with Crippen molar-refractivity contribution in [3.63, 3.8) is 0 Å². The Morgan fingerprint density at radius 1 is 0.889 bits per heavy atom. The van der Waals surface area contributed by atoms with Crippen LogP contribution in [-0.2, 0) is 7.05 Å². The fourth-order valence-corrected chi connectivity index (χ4v) is 3.27. The summed E-state index contributed by atoms with van der Waals surface area (Å²) in [6.45, 7) is 0. The summed E-state index contributed by atoms with van der Waals surface area (Å²) in [5.41, 5.74) is 4.37. The van der Waals surface area contributed by atoms with Crippen LogP contribution in [0.15, 0.2) is 78.0 Å². The van der Waals surface area contributed by atoms with E-state index in [0.29, 0.717) is 0 Å². The number of hydrogen-bond acceptors (Lipinski definition) is 4. The summed E-state index contributed by atoms with van der Waals surface area (Å²) in [7, 11) is 1.74. The van der Waals surface area contributed by atoms with Gasteiger partial charge in [-0.2, -0.15) is 0 Å². The van der Waals surface area contributed by atoms with Crippen molar-refractivity contribution in [3.05, 3.63) is 83.5 Å². The van der Waals surface area contributed by atoms with Crippen LogP contribution in [0.4, 0.5) is 0 Å². The molecular formula is C21H15N5O. The van der Waals surface area contributed by atoms with E-state index in [1.165, 1.54) is 0 Å². The van der Waals surface area contributed by atoms with Gasteiger partial charge in [0.05, 0.1) is 5.52 Å². The van der Waals surface area contributed by atoms with Gasteiger partial charge in [-0.15, -0.1) is 10.2 Å². The van der Waals surface area contributed by atoms with E-state index < -0.39 is 0 Å². The van der Waals surface area contributed by atoms with E-state index in [-0.39, 0.29) is 5.56 Å². The maximum atomic E-state index is 11.9. The molecule has 0 saturated heterocycles. The van der Waals surface area contributed by atoms with Gasteiger partial charge in [-0.05, 0) is 41.5 Å². The fourth-order valence-electron chi connectivity index (χ4n) is 3.27. The standard InChI is InChI=1S/C21H15N5O/c1-25-10-7-15(13-20(25)27)14-8-11-26-19(12-14)23-24-21(26)17-6-9-22-18-5-3-2-4-16(17)18/h2-13H,1H3. The molecule has 0 bridgehead atoms. The van der Waals surface area contributed by atoms with Gasteiger partial charge in [-0.25, -0.2) is 0 Å². The molecule has 6 nitrogen and oxygen atoms in total. The van der Waals surface area contributed by atoms with Crippen LogP contribution >= 0.6 is 0 Å². The topological polar surface area (TPSA) is 65.1 Å². The Morgan fingerprint density at radius 3 is 2.59 bits per heavy atom. The molecule has 5 rings (SSSR count). The monoisotopic (exact) mass is 353 g/mol. The molecule has 0 spiro atoms. The molecular weight excluding hydrogens is 338 g/mol. The first kappa shape index (κ1) is 15.5. The lowest BCUT2D eigenvalue weighted by Crippen LogP contribution is -2.14. The lowest BCUT2D eigenvalue weighted by molar-refractivity contribution is 0.861. The third-order valence-corrected chi connectivity index (χ3v) is 4.74. The molecule has 6 heteroatoms. The number of nitrogens with zero attached hydrogens (tertiary/aromatic N) is 5. The van der Waals surface area contributed by atoms with Crippen LogP contribution in [0.25, 0.3) is 39.1 Å². The van der Waals surface area contributed by atoms with Gasteiger partial charge in [0.15, 0.2) is 11.5 Å². The molecule has 27 heavy (non-hydrogen) atoms. The zero-order chi connectivity index (χ0) is 18.4. The van der Waals surface area contributed by atoms with Gasteiger partial charge in [-0.3, -0.25) is 14.2 Å². The third-order valence-electron chi connectivity index (χ3n) is 4.74. The summed E-state index contributed by atoms with van der Waals surface area (Å²) in [5.74, 6) is 0.763. The SMILES string of the molecule is Cn1ccc(-c2ccn3c(-c4ccnc5ccccc45)nnc3c2)cc1=O. The molecule has 130 valence electrons. The summed E-state index contributed by atoms with van der Waals surface area (Å²) < 4.78 is 3.50. The van der Waals surface area contributed by atoms with Crippen molar-refractivity contribution in [2.24, 2.45) is 7.05 Å². The first-order chi connectivity index (χ1) is 13.2. The predicted molar refractivity (Wildman–Crippen MR) is 104 cm³/mol. The summed E-state index contributed by atoms with van der Waals surface area (Å²) in [6.07, 6.45) is 5.49. The molecule has 1 aromatic carbocycles. The summed E-state index contributed by atoms with van der Waals surface area (Å²) in [5, 5.41) is 9.77. The van der Waals surface area contributed by atoms with Crippen LogP contribution in [-0.4, -0.2) is 24.1 Å². The molecule has 0 unspecified atom stereocenters. The molecule has 0 atom stereocenters. The molecule has 0 saturated carbocycles. The summed E-state index contributed by atoms with van der Waals surface area (Å²) in [6, 6.07) is 17.4. The van der Waals surface area contributed by atoms with Crippen molar-refractivity contribution in [3.8, 4) is 22.5 Å². The lowest BCUT2D eigenvalue weighted by Gasteiger charge is -2.06. The van der Waals surface area contributed by atoms with E-state index >= 15 is 0 Å². The zero-order valence-electron chi connectivity index (χ0n) is 14.6. The van der Waals surface area contributed by atoms with Gasteiger partial charge >= 0.3 is 0 Å². The summed E-state index contributed by atoms with van der Waals surface area (Å²) >= 11 is 0. The molecule has 5 aromatic rings. The van der Waals surface area contributed by atoms with Crippen LogP contribution in [0.5, 0.6) is 0 Å². The maximum Gasteiger partial charge on any atom is 0.250 e. The minimum absolute atomic E-state index is 0.0437. The van der Waals surface area contributed by atoms with Crippen molar-refractivity contribution in [1.29, 1.82) is 0 Å². The molecule has 0 aliphatic carbocycles. The highest BCUT2D eigenvalue weighted by atomic mass is 16.1. The fraction of sp³-hybridized carbons (Fsp3) is 0.0476. The average Bonchev–Trinajstić information content (AvgIpc) is 3.12. The Labute approximate surface area is 154 Å². The third kappa shape index (κ3) is 2.50. The second-order valence-electron chi connectivity index (χ2n) is 6.41. The van der Waals surface area contributed by atoms with Crippen molar-refractivity contribution < 1.29 is 0 Å². The maximum absolute atomic E-state index is 11.9. The second kappa shape index (κ2) is 5.88. The highest BCUT2D eigenvalue weighted by molar-refractivity contribution is 5.92. The molecule has 0 aliphatic rings. The predicted octanol–water partition coefficient (Wildman–Crippen LogP) is 3.31. The smallest absolute Gasteiger partial charge is 0.250 e. The molecule has 0 N–H and O–H groups in total. The normalized spacial score (nSPS) is 11.3. The van der Waals surface area contributed by atoms with Crippen LogP contribution in [0.2, 0.25) is 0 Å². The van der Waals surface area contributed by atoms with E-state index in [1.807, 2.05) is 59.1 Å². The van der Waals surface area contributed by atoms with Crippen LogP contribution in [0.1, 0.15) is 0 Å². The Balaban J connectivity index is 1.68. The highest BCUT2D eigenvalue weighted by Gasteiger charge is 2.12. The van der Waals surface area contributed by atoms with Crippen molar-refractivity contribution in [2.75, 3.05) is 0 Å². The zero-order valence-corrected chi connectivity index (χ0v) is 14.6. The van der Waals surface area contributed by atoms with Gasteiger partial charge in [0.25, 0.3) is 5.56 Å². The van der Waals surface area contributed by atoms with E-state index in [9.17, 15) is 4.79 Å². The molecule has 0 fully saturated rings. The van der Waals surface area contributed by atoms with Crippen LogP contribution in [0.3, 0.4) is 0 Å². The molecule has 4 heterocycles. The van der Waals surface area contributed by atoms with E-state index in [0.717, 1.165) is 39.1 Å². The number of aromatic nitrogens is 5. The Bertz CT molecular complexity index is 1360. The minimum Gasteiger partial charge on any atom is -0.319 e. The van der Waals surface area contributed by atoms with Gasteiger partial charge in [0.1, 0.15) is 0 Å². The number of pyridine rings is 3. The minimum atomic E-state index is -0.0437. The molecule has 4 aromatic heterocycles. The number of para-hydroxylation sites is 1. The summed E-state index contributed by atoms with van der Waals surface area (Å²) in [4.78, 5) is 16.3. The second-order valence-corrected chi connectivity index (χ2v) is 6.41. The average molecular weight is 353 g/mol. The van der Waals surface area contributed by atoms with Crippen molar-refractivity contribution in [2.45, 2.75) is 0 Å². The number of fused-ring (bicyclic) bond motifs is 2. The Kier molecular flexibility index (Phi) is 3.36. The van der Waals surface area contributed by atoms with Crippen molar-refractivity contribution >= 4 is 16.6 Å². The van der Waals surface area contributed by atoms with Crippen LogP contribution < -0.4 is 5.56 Å². The molecule has 0 aliphatic heterocycles. The molecule has 0 radical (unpaired) electrons. The quantitative estimate of drug-likeness (QED) is 0.488. The van der Waals surface area contributed by atoms with Gasteiger partial charge in [0.2, 0.25) is 0 Å². The largest absolute Gasteiger partial charge is 0.319 e. The van der Waals surface area contributed by atoms with E-state index in [2.05, 4.69) is 15.2 Å². The highest BCUT2D eigenvalue weighted by Crippen LogP contribution is 2.27. The van der Waals surface area contributed by atoms with Gasteiger partial charge < -0.3 is 4.57 Å². The molecule has 0 amide bonds. The number of aryl methyl sites for hydroxylation is 1. The van der Waals surface area contributed by atoms with E-state index in [1.54, 1.807) is 30.1 Å². The number of benzene rings is 1. The number of hydrogen-bond donors (Lipinski definition) is 0. The van der Waals surface area contributed by atoms with Crippen LogP contribution in [0, 0.1) is 0 Å². The lowest BCUT2D eigenvalue weighted by atomic mass is 10.1. The van der Waals surface area contributed by atoms with E-state index in [4.69, 9.17) is 0 Å². The van der Waals surface area contributed by atoms with Gasteiger partial charge in [0, 0.05) is 42.7 Å². The first-order valence-electron chi connectivity index (χ1n) is 8.57. The Morgan fingerprint density at radius 2 is 1.70 bits per heavy atom. The van der Waals surface area contributed by atoms with Crippen molar-refractivity contribution in [1.82, 2.24) is 24.1 Å². The first-order valence-corrected chi connectivity index (χ1v) is 8.57. The number of rotatable bonds is 2.